The standard InChI is InChI=1S/C7H11N3O3.C4H3N3O.BI.ClH.Na/c1-12-4-5-13-7(9)10-6(11)2-3-8;5-2-1-4(8)7-3-6;1-2;;/h2,4-5H2,1H3,(H2,9,10,11);1H2,(H,7,8);;1H;/q;;;;+1/p-1. The van der Waals surface area contributed by atoms with Crippen LogP contribution in [0.15, 0.2) is 0 Å². The minimum absolute atomic E-state index is 0. The summed E-state index contributed by atoms with van der Waals surface area (Å²) in [5, 5.41) is 33.9. The van der Waals surface area contributed by atoms with E-state index in [0.29, 0.717) is 6.61 Å². The zero-order valence-corrected chi connectivity index (χ0v) is 18.6. The summed E-state index contributed by atoms with van der Waals surface area (Å²) in [6.07, 6.45) is 0.723. The molecule has 0 saturated heterocycles. The Bertz CT molecular complexity index is 476. The second kappa shape index (κ2) is 30.8. The quantitative estimate of drug-likeness (QED) is 0.0961. The van der Waals surface area contributed by atoms with Crippen LogP contribution in [0.5, 0.6) is 0 Å². The summed E-state index contributed by atoms with van der Waals surface area (Å²) in [6, 6.07) is 3.12. The van der Waals surface area contributed by atoms with Crippen LogP contribution in [-0.4, -0.2) is 43.9 Å². The molecule has 0 aromatic rings. The first-order chi connectivity index (χ1) is 11.0. The number of carbonyl (C=O) groups is 2. The van der Waals surface area contributed by atoms with Crippen molar-refractivity contribution < 1.29 is 66.4 Å². The maximum absolute atomic E-state index is 10.7. The molecule has 2 amide bonds. The second-order valence-electron chi connectivity index (χ2n) is 3.03. The summed E-state index contributed by atoms with van der Waals surface area (Å²) in [6.45, 7) is 0.643. The van der Waals surface area contributed by atoms with Crippen molar-refractivity contribution in [2.45, 2.75) is 12.8 Å². The zero-order valence-electron chi connectivity index (χ0n) is 13.7. The van der Waals surface area contributed by atoms with Crippen molar-refractivity contribution in [3.05, 3.63) is 5.32 Å². The van der Waals surface area contributed by atoms with Gasteiger partial charge in [0.15, 0.2) is 11.6 Å². The summed E-state index contributed by atoms with van der Waals surface area (Å²) >= 11 is 1.65. The summed E-state index contributed by atoms with van der Waals surface area (Å²) in [4.78, 5) is 20.8. The summed E-state index contributed by atoms with van der Waals surface area (Å²) in [5.41, 5.74) is 4.47. The molecule has 14 heteroatoms. The Morgan fingerprint density at radius 2 is 1.72 bits per heavy atom. The van der Waals surface area contributed by atoms with E-state index in [1.54, 1.807) is 34.5 Å². The molecule has 25 heavy (non-hydrogen) atoms. The van der Waals surface area contributed by atoms with Crippen LogP contribution in [0.2, 0.25) is 0 Å². The van der Waals surface area contributed by atoms with Crippen LogP contribution in [0.25, 0.3) is 5.32 Å². The molecular formula is C11H14BClIN6NaO4. The van der Waals surface area contributed by atoms with Crippen molar-refractivity contribution in [3.63, 3.8) is 0 Å². The van der Waals surface area contributed by atoms with Crippen LogP contribution >= 0.6 is 22.4 Å². The first-order valence-electron chi connectivity index (χ1n) is 5.64. The van der Waals surface area contributed by atoms with Gasteiger partial charge in [0.1, 0.15) is 13.0 Å². The van der Waals surface area contributed by atoms with Crippen molar-refractivity contribution in [2.24, 2.45) is 0 Å². The minimum Gasteiger partial charge on any atom is -1.00 e. The van der Waals surface area contributed by atoms with Crippen LogP contribution in [0, 0.1) is 34.1 Å². The average Bonchev–Trinajstić information content (AvgIpc) is 2.51. The number of methoxy groups -OCH3 is 1. The molecule has 10 nitrogen and oxygen atoms in total. The van der Waals surface area contributed by atoms with Crippen LogP contribution in [0.4, 0.5) is 0 Å². The van der Waals surface area contributed by atoms with E-state index in [9.17, 15) is 9.59 Å². The molecule has 0 bridgehead atoms. The third-order valence-electron chi connectivity index (χ3n) is 1.45. The summed E-state index contributed by atoms with van der Waals surface area (Å²) in [7, 11) is 1.52. The number of rotatable bonds is 5. The molecule has 0 rings (SSSR count). The van der Waals surface area contributed by atoms with E-state index in [2.05, 4.69) is 21.1 Å². The van der Waals surface area contributed by atoms with Gasteiger partial charge in [0.2, 0.25) is 0 Å². The van der Waals surface area contributed by atoms with Gasteiger partial charge < -0.3 is 32.5 Å². The van der Waals surface area contributed by atoms with Crippen molar-refractivity contribution in [3.8, 4) is 18.3 Å². The molecule has 0 aromatic carbocycles. The number of carbonyl (C=O) groups excluding carboxylic acids is 2. The number of nitrogens with one attached hydrogen (secondary N) is 1. The van der Waals surface area contributed by atoms with Gasteiger partial charge in [-0.3, -0.25) is 10.2 Å². The fraction of sp³-hybridized carbons (Fsp3) is 0.455. The third kappa shape index (κ3) is 35.0. The van der Waals surface area contributed by atoms with E-state index >= 15 is 0 Å². The van der Waals surface area contributed by atoms with Gasteiger partial charge in [-0.1, -0.05) is 6.19 Å². The number of amidine groups is 1. The molecule has 3 N–H and O–H groups in total. The van der Waals surface area contributed by atoms with Crippen molar-refractivity contribution >= 4 is 45.9 Å². The Morgan fingerprint density at radius 3 is 2.12 bits per heavy atom. The van der Waals surface area contributed by atoms with Crippen LogP contribution in [0.1, 0.15) is 12.8 Å². The van der Waals surface area contributed by atoms with E-state index in [4.69, 9.17) is 25.9 Å². The van der Waals surface area contributed by atoms with Crippen molar-refractivity contribution in [1.82, 2.24) is 5.32 Å². The number of nitrogens with two attached hydrogens (primary N) is 1. The molecule has 0 heterocycles. The van der Waals surface area contributed by atoms with Gasteiger partial charge in [-0.25, -0.2) is 4.79 Å². The normalized spacial score (nSPS) is 6.68. The van der Waals surface area contributed by atoms with Gasteiger partial charge in [-0.15, -0.1) is 0 Å². The Kier molecular flexibility index (Phi) is 43.2. The average molecular weight is 490 g/mol. The van der Waals surface area contributed by atoms with Crippen molar-refractivity contribution in [1.29, 1.82) is 15.8 Å². The van der Waals surface area contributed by atoms with Gasteiger partial charge in [-0.05, 0) is 0 Å². The van der Waals surface area contributed by atoms with Crippen LogP contribution in [0.3, 0.4) is 0 Å². The van der Waals surface area contributed by atoms with Crippen LogP contribution in [-0.2, 0) is 19.1 Å². The topological polar surface area (TPSA) is 176 Å². The Labute approximate surface area is 189 Å². The summed E-state index contributed by atoms with van der Waals surface area (Å²) in [5.74, 6) is -1.17. The number of hydrogen-bond donors (Lipinski definition) is 2. The second-order valence-corrected chi connectivity index (χ2v) is 3.03. The van der Waals surface area contributed by atoms with Crippen molar-refractivity contribution in [2.75, 3.05) is 20.3 Å². The van der Waals surface area contributed by atoms with Crippen LogP contribution < -0.4 is 52.7 Å². The Morgan fingerprint density at radius 1 is 1.20 bits per heavy atom. The largest absolute Gasteiger partial charge is 1.00 e. The number of hydrogen-bond acceptors (Lipinski definition) is 7. The smallest absolute Gasteiger partial charge is 1.00 e. The maximum Gasteiger partial charge on any atom is 1.00 e. The predicted molar refractivity (Wildman–Crippen MR) is 87.1 cm³/mol. The third-order valence-corrected chi connectivity index (χ3v) is 1.45. The van der Waals surface area contributed by atoms with E-state index in [1.165, 1.54) is 13.3 Å². The van der Waals surface area contributed by atoms with Gasteiger partial charge >= 0.3 is 41.5 Å². The Hall–Kier alpha value is -1.08. The fourth-order valence-corrected chi connectivity index (χ4v) is 0.687. The number of ether oxygens (including phenoxy) is 2. The molecule has 0 fully saturated rings. The number of amides is 2. The zero-order chi connectivity index (χ0) is 18.5. The molecule has 0 aliphatic rings. The molecule has 0 saturated carbocycles. The van der Waals surface area contributed by atoms with Gasteiger partial charge in [0.25, 0.3) is 0 Å². The van der Waals surface area contributed by atoms with E-state index < -0.39 is 11.8 Å². The number of nitrogens with zero attached hydrogens (tertiary/aromatic N) is 4. The molecule has 0 aliphatic heterocycles. The Balaban J connectivity index is -0.0000000970. The predicted octanol–water partition coefficient (Wildman–Crippen LogP) is -7.41. The number of halogens is 2. The first-order valence-corrected chi connectivity index (χ1v) is 6.88. The van der Waals surface area contributed by atoms with Gasteiger partial charge in [-0.2, -0.15) is 38.2 Å². The molecule has 130 valence electrons. The fourth-order valence-electron chi connectivity index (χ4n) is 0.687. The van der Waals surface area contributed by atoms with Gasteiger partial charge in [0, 0.05) is 7.11 Å². The molecular weight excluding hydrogens is 476 g/mol. The molecule has 0 spiro atoms. The molecule has 0 atom stereocenters. The molecule has 0 aromatic heterocycles. The van der Waals surface area contributed by atoms with E-state index in [0.717, 1.165) is 0 Å². The van der Waals surface area contributed by atoms with Gasteiger partial charge in [0.05, 0.1) is 25.2 Å². The van der Waals surface area contributed by atoms with E-state index in [-0.39, 0.29) is 67.4 Å². The summed E-state index contributed by atoms with van der Waals surface area (Å²) < 4.78 is 9.51. The molecule has 0 unspecified atom stereocenters. The monoisotopic (exact) mass is 490 g/mol. The SMILES string of the molecule is COCCOC(=[NH2+])NC(=O)CC#N.N#CCC(=O)[N-]C#N.[B]I.[Cl-].[Na+]. The molecule has 2 radical (unpaired) electrons. The number of nitriles is 3. The first kappa shape index (κ1) is 35.1. The van der Waals surface area contributed by atoms with E-state index in [1.807, 2.05) is 0 Å². The maximum atomic E-state index is 10.7. The molecule has 0 aliphatic carbocycles. The minimum atomic E-state index is -0.685.